The Morgan fingerprint density at radius 3 is 2.10 bits per heavy atom. The zero-order valence-corrected chi connectivity index (χ0v) is 17.5. The summed E-state index contributed by atoms with van der Waals surface area (Å²) < 4.78 is 0. The number of nitrogens with zero attached hydrogens (tertiary/aromatic N) is 2. The van der Waals surface area contributed by atoms with Gasteiger partial charge in [0.15, 0.2) is 5.78 Å². The molecule has 0 bridgehead atoms. The monoisotopic (exact) mass is 421 g/mol. The van der Waals surface area contributed by atoms with Crippen molar-refractivity contribution in [1.82, 2.24) is 10.2 Å². The number of carbonyl (C=O) groups is 2. The summed E-state index contributed by atoms with van der Waals surface area (Å²) in [6.45, 7) is 2.95. The maximum Gasteiger partial charge on any atom is 0.318 e. The molecule has 2 aromatic carbocycles. The summed E-state index contributed by atoms with van der Waals surface area (Å²) in [5.74, 6) is 5.69. The molecule has 0 radical (unpaired) electrons. The molecular weight excluding hydrogens is 394 g/mol. The van der Waals surface area contributed by atoms with Gasteiger partial charge in [0, 0.05) is 43.0 Å². The van der Waals surface area contributed by atoms with Crippen molar-refractivity contribution in [3.63, 3.8) is 0 Å². The average molecular weight is 421 g/mol. The number of aliphatic hydroxyl groups excluding tert-OH is 2. The number of carbonyl (C=O) groups excluding carboxylic acids is 2. The van der Waals surface area contributed by atoms with Gasteiger partial charge >= 0.3 is 6.03 Å². The summed E-state index contributed by atoms with van der Waals surface area (Å²) in [5, 5.41) is 21.2. The highest BCUT2D eigenvalue weighted by Gasteiger charge is 2.28. The molecule has 1 heterocycles. The van der Waals surface area contributed by atoms with Crippen molar-refractivity contribution >= 4 is 17.5 Å². The first-order chi connectivity index (χ1) is 15.0. The van der Waals surface area contributed by atoms with Gasteiger partial charge in [0.1, 0.15) is 12.6 Å². The van der Waals surface area contributed by atoms with Crippen LogP contribution in [0.3, 0.4) is 0 Å². The number of rotatable bonds is 5. The number of nitrogens with one attached hydrogen (secondary N) is 1. The van der Waals surface area contributed by atoms with E-state index in [1.165, 1.54) is 6.92 Å². The molecule has 7 nitrogen and oxygen atoms in total. The molecule has 0 aromatic heterocycles. The maximum atomic E-state index is 12.4. The van der Waals surface area contributed by atoms with Crippen LogP contribution in [0.25, 0.3) is 0 Å². The summed E-state index contributed by atoms with van der Waals surface area (Å²) >= 11 is 0. The van der Waals surface area contributed by atoms with Crippen LogP contribution in [-0.2, 0) is 4.79 Å². The minimum atomic E-state index is -1.11. The first-order valence-electron chi connectivity index (χ1n) is 10.3. The number of amides is 2. The smallest absolute Gasteiger partial charge is 0.318 e. The van der Waals surface area contributed by atoms with Crippen LogP contribution in [0.1, 0.15) is 18.1 Å². The van der Waals surface area contributed by atoms with Crippen LogP contribution in [0.15, 0.2) is 54.6 Å². The first kappa shape index (κ1) is 22.3. The van der Waals surface area contributed by atoms with Crippen molar-refractivity contribution in [2.45, 2.75) is 19.1 Å². The van der Waals surface area contributed by atoms with Gasteiger partial charge < -0.3 is 25.3 Å². The Labute approximate surface area is 182 Å². The van der Waals surface area contributed by atoms with E-state index in [4.69, 9.17) is 5.11 Å². The highest BCUT2D eigenvalue weighted by atomic mass is 16.3. The third kappa shape index (κ3) is 6.07. The second-order valence-corrected chi connectivity index (χ2v) is 7.43. The highest BCUT2D eigenvalue weighted by Crippen LogP contribution is 2.17. The number of hydrogen-bond acceptors (Lipinski definition) is 5. The van der Waals surface area contributed by atoms with E-state index in [0.717, 1.165) is 16.8 Å². The van der Waals surface area contributed by atoms with E-state index in [2.05, 4.69) is 22.1 Å². The number of hydrogen-bond donors (Lipinski definition) is 3. The van der Waals surface area contributed by atoms with Crippen molar-refractivity contribution in [2.24, 2.45) is 0 Å². The molecule has 2 amide bonds. The molecule has 7 heteroatoms. The summed E-state index contributed by atoms with van der Waals surface area (Å²) in [5.41, 5.74) is 2.96. The van der Waals surface area contributed by atoms with E-state index in [1.54, 1.807) is 4.90 Å². The van der Waals surface area contributed by atoms with Gasteiger partial charge in [-0.1, -0.05) is 30.0 Å². The molecule has 1 aliphatic heterocycles. The first-order valence-corrected chi connectivity index (χ1v) is 10.3. The Balaban J connectivity index is 1.54. The molecule has 2 atom stereocenters. The lowest BCUT2D eigenvalue weighted by molar-refractivity contribution is -0.125. The zero-order valence-electron chi connectivity index (χ0n) is 17.5. The number of ketones is 1. The Kier molecular flexibility index (Phi) is 7.65. The quantitative estimate of drug-likeness (QED) is 0.632. The summed E-state index contributed by atoms with van der Waals surface area (Å²) in [4.78, 5) is 27.9. The third-order valence-electron chi connectivity index (χ3n) is 5.19. The average Bonchev–Trinajstić information content (AvgIpc) is 2.81. The molecule has 0 aliphatic carbocycles. The van der Waals surface area contributed by atoms with Crippen LogP contribution in [0, 0.1) is 11.8 Å². The predicted molar refractivity (Wildman–Crippen MR) is 119 cm³/mol. The van der Waals surface area contributed by atoms with Gasteiger partial charge in [-0.05, 0) is 43.3 Å². The molecule has 1 fully saturated rings. The third-order valence-corrected chi connectivity index (χ3v) is 5.19. The predicted octanol–water partition coefficient (Wildman–Crippen LogP) is 1.23. The molecule has 162 valence electrons. The molecular formula is C24H27N3O4. The van der Waals surface area contributed by atoms with E-state index in [0.29, 0.717) is 26.2 Å². The van der Waals surface area contributed by atoms with E-state index in [-0.39, 0.29) is 0 Å². The van der Waals surface area contributed by atoms with Crippen LogP contribution < -0.4 is 10.2 Å². The topological polar surface area (TPSA) is 93.1 Å². The van der Waals surface area contributed by atoms with Crippen LogP contribution >= 0.6 is 0 Å². The highest BCUT2D eigenvalue weighted by molar-refractivity contribution is 5.89. The maximum absolute atomic E-state index is 12.4. The normalized spacial score (nSPS) is 15.5. The van der Waals surface area contributed by atoms with Crippen molar-refractivity contribution in [3.05, 3.63) is 65.7 Å². The number of anilines is 1. The fourth-order valence-corrected chi connectivity index (χ4v) is 3.38. The minimum Gasteiger partial charge on any atom is -0.391 e. The Hall–Kier alpha value is -3.34. The number of Topliss-reactive ketones (excluding diaryl/α,β-unsaturated/α-hetero) is 1. The van der Waals surface area contributed by atoms with E-state index < -0.39 is 30.6 Å². The van der Waals surface area contributed by atoms with E-state index in [9.17, 15) is 14.7 Å². The number of piperazine rings is 1. The molecule has 0 unspecified atom stereocenters. The second-order valence-electron chi connectivity index (χ2n) is 7.43. The minimum absolute atomic E-state index is 0.418. The van der Waals surface area contributed by atoms with Gasteiger partial charge in [-0.15, -0.1) is 0 Å². The number of aliphatic hydroxyl groups is 2. The molecule has 1 saturated heterocycles. The van der Waals surface area contributed by atoms with Crippen LogP contribution in [0.2, 0.25) is 0 Å². The molecule has 0 spiro atoms. The standard InChI is InChI=1S/C24H27N3O4/c1-18(29)23(22(30)17-28)25-24(31)27-15-13-26(14-16-27)21-11-9-20(10-12-21)8-7-19-5-3-2-4-6-19/h2-6,9-12,18,23,28-29H,13-17H2,1H3,(H,25,31)/t18-,23-/m0/s1. The van der Waals surface area contributed by atoms with E-state index in [1.807, 2.05) is 54.6 Å². The fourth-order valence-electron chi connectivity index (χ4n) is 3.38. The van der Waals surface area contributed by atoms with E-state index >= 15 is 0 Å². The van der Waals surface area contributed by atoms with Crippen LogP contribution in [-0.4, -0.2) is 71.9 Å². The van der Waals surface area contributed by atoms with Crippen molar-refractivity contribution < 1.29 is 19.8 Å². The number of urea groups is 1. The molecule has 3 rings (SSSR count). The number of benzene rings is 2. The van der Waals surface area contributed by atoms with Gasteiger partial charge in [-0.3, -0.25) is 4.79 Å². The van der Waals surface area contributed by atoms with Gasteiger partial charge in [0.25, 0.3) is 0 Å². The molecule has 31 heavy (non-hydrogen) atoms. The van der Waals surface area contributed by atoms with Gasteiger partial charge in [0.2, 0.25) is 0 Å². The van der Waals surface area contributed by atoms with Crippen molar-refractivity contribution in [2.75, 3.05) is 37.7 Å². The van der Waals surface area contributed by atoms with Crippen LogP contribution in [0.4, 0.5) is 10.5 Å². The fraction of sp³-hybridized carbons (Fsp3) is 0.333. The lowest BCUT2D eigenvalue weighted by Crippen LogP contribution is -2.57. The summed E-state index contributed by atoms with van der Waals surface area (Å²) in [6, 6.07) is 16.3. The Morgan fingerprint density at radius 2 is 1.55 bits per heavy atom. The Morgan fingerprint density at radius 1 is 0.968 bits per heavy atom. The lowest BCUT2D eigenvalue weighted by Gasteiger charge is -2.36. The summed E-state index contributed by atoms with van der Waals surface area (Å²) in [6.07, 6.45) is -1.08. The van der Waals surface area contributed by atoms with Crippen molar-refractivity contribution in [3.8, 4) is 11.8 Å². The molecule has 1 aliphatic rings. The SMILES string of the molecule is C[C@H](O)[C@H](NC(=O)N1CCN(c2ccc(C#Cc3ccccc3)cc2)CC1)C(=O)CO. The van der Waals surface area contributed by atoms with Gasteiger partial charge in [0.05, 0.1) is 6.10 Å². The zero-order chi connectivity index (χ0) is 22.2. The molecule has 0 saturated carbocycles. The second kappa shape index (κ2) is 10.6. The van der Waals surface area contributed by atoms with Crippen LogP contribution in [0.5, 0.6) is 0 Å². The van der Waals surface area contributed by atoms with Crippen molar-refractivity contribution in [1.29, 1.82) is 0 Å². The van der Waals surface area contributed by atoms with Gasteiger partial charge in [-0.25, -0.2) is 4.79 Å². The molecule has 3 N–H and O–H groups in total. The Bertz CT molecular complexity index is 940. The summed E-state index contributed by atoms with van der Waals surface area (Å²) in [7, 11) is 0. The largest absolute Gasteiger partial charge is 0.391 e. The van der Waals surface area contributed by atoms with Gasteiger partial charge in [-0.2, -0.15) is 0 Å². The lowest BCUT2D eigenvalue weighted by atomic mass is 10.1. The molecule has 2 aromatic rings.